The van der Waals surface area contributed by atoms with Crippen molar-refractivity contribution in [2.45, 2.75) is 41.4 Å². The fourth-order valence-corrected chi connectivity index (χ4v) is 6.69. The molecule has 1 saturated heterocycles. The third-order valence-electron chi connectivity index (χ3n) is 7.34. The van der Waals surface area contributed by atoms with Gasteiger partial charge in [0.25, 0.3) is 0 Å². The summed E-state index contributed by atoms with van der Waals surface area (Å²) in [4.78, 5) is 5.39. The van der Waals surface area contributed by atoms with E-state index in [9.17, 15) is 8.42 Å². The number of likely N-dealkylation sites (N-methyl/N-ethyl adjacent to an activating group) is 1. The standard InChI is InChI=1S/C28H31ClN2O2S/c1-30-15-11-21-5-8-28(20-24(21)12-16-30)34(32,33)27-9-6-26(7-10-27)31-17-13-22(14-18-31)23-3-2-4-25(29)19-23/h2-10,19-20,22H,11-18H2,1H3. The number of hydrogen-bond acceptors (Lipinski definition) is 4. The predicted molar refractivity (Wildman–Crippen MR) is 139 cm³/mol. The first kappa shape index (κ1) is 23.4. The third-order valence-corrected chi connectivity index (χ3v) is 9.34. The van der Waals surface area contributed by atoms with Gasteiger partial charge in [-0.3, -0.25) is 0 Å². The Morgan fingerprint density at radius 3 is 2.18 bits per heavy atom. The second-order valence-corrected chi connectivity index (χ2v) is 11.9. The lowest BCUT2D eigenvalue weighted by molar-refractivity contribution is 0.352. The number of halogens is 1. The molecule has 0 aromatic heterocycles. The molecule has 5 rings (SSSR count). The molecule has 34 heavy (non-hydrogen) atoms. The van der Waals surface area contributed by atoms with Gasteiger partial charge in [-0.25, -0.2) is 8.42 Å². The summed E-state index contributed by atoms with van der Waals surface area (Å²) < 4.78 is 26.7. The molecule has 6 heteroatoms. The van der Waals surface area contributed by atoms with Crippen LogP contribution in [-0.2, 0) is 22.7 Å². The zero-order chi connectivity index (χ0) is 23.7. The van der Waals surface area contributed by atoms with Crippen molar-refractivity contribution in [3.8, 4) is 0 Å². The first-order valence-corrected chi connectivity index (χ1v) is 13.9. The summed E-state index contributed by atoms with van der Waals surface area (Å²) in [5, 5.41) is 0.790. The number of benzene rings is 3. The SMILES string of the molecule is CN1CCc2ccc(S(=O)(=O)c3ccc(N4CCC(c5cccc(Cl)c5)CC4)cc3)cc2CC1. The van der Waals surface area contributed by atoms with Crippen molar-refractivity contribution < 1.29 is 8.42 Å². The Kier molecular flexibility index (Phi) is 6.70. The van der Waals surface area contributed by atoms with Crippen molar-refractivity contribution in [1.29, 1.82) is 0 Å². The summed E-state index contributed by atoms with van der Waals surface area (Å²) in [7, 11) is -1.42. The van der Waals surface area contributed by atoms with Gasteiger partial charge in [-0.1, -0.05) is 29.8 Å². The fraction of sp³-hybridized carbons (Fsp3) is 0.357. The number of hydrogen-bond donors (Lipinski definition) is 0. The maximum Gasteiger partial charge on any atom is 0.206 e. The Bertz CT molecular complexity index is 1270. The molecule has 0 aliphatic carbocycles. The Labute approximate surface area is 208 Å². The van der Waals surface area contributed by atoms with Gasteiger partial charge in [-0.05, 0) is 104 Å². The molecular formula is C28H31ClN2O2S. The Morgan fingerprint density at radius 1 is 0.794 bits per heavy atom. The van der Waals surface area contributed by atoms with Gasteiger partial charge >= 0.3 is 0 Å². The zero-order valence-electron chi connectivity index (χ0n) is 19.6. The van der Waals surface area contributed by atoms with Crippen LogP contribution in [0, 0.1) is 0 Å². The maximum atomic E-state index is 13.4. The van der Waals surface area contributed by atoms with Crippen LogP contribution >= 0.6 is 11.6 Å². The van der Waals surface area contributed by atoms with Crippen LogP contribution in [0.2, 0.25) is 5.02 Å². The Morgan fingerprint density at radius 2 is 1.47 bits per heavy atom. The number of rotatable bonds is 4. The molecule has 0 unspecified atom stereocenters. The Hall–Kier alpha value is -2.34. The van der Waals surface area contributed by atoms with Gasteiger partial charge in [-0.15, -0.1) is 0 Å². The molecule has 0 N–H and O–H groups in total. The minimum atomic E-state index is -3.54. The molecule has 0 spiro atoms. The van der Waals surface area contributed by atoms with E-state index in [2.05, 4.69) is 29.0 Å². The van der Waals surface area contributed by atoms with Crippen LogP contribution in [0.1, 0.15) is 35.4 Å². The number of fused-ring (bicyclic) bond motifs is 1. The molecule has 1 fully saturated rings. The van der Waals surface area contributed by atoms with Crippen molar-refractivity contribution in [1.82, 2.24) is 4.90 Å². The summed E-state index contributed by atoms with van der Waals surface area (Å²) in [6.45, 7) is 3.86. The topological polar surface area (TPSA) is 40.6 Å². The predicted octanol–water partition coefficient (Wildman–Crippen LogP) is 5.59. The second-order valence-electron chi connectivity index (χ2n) is 9.55. The number of nitrogens with zero attached hydrogens (tertiary/aromatic N) is 2. The smallest absolute Gasteiger partial charge is 0.206 e. The van der Waals surface area contributed by atoms with Gasteiger partial charge in [0, 0.05) is 36.9 Å². The van der Waals surface area contributed by atoms with Crippen LogP contribution in [0.25, 0.3) is 0 Å². The molecule has 2 aliphatic rings. The highest BCUT2D eigenvalue weighted by Gasteiger charge is 2.23. The summed E-state index contributed by atoms with van der Waals surface area (Å²) in [6, 6.07) is 21.2. The molecule has 0 atom stereocenters. The lowest BCUT2D eigenvalue weighted by Gasteiger charge is -2.34. The molecule has 0 amide bonds. The molecule has 4 nitrogen and oxygen atoms in total. The molecular weight excluding hydrogens is 464 g/mol. The molecule has 3 aromatic carbocycles. The van der Waals surface area contributed by atoms with Gasteiger partial charge in [0.05, 0.1) is 9.79 Å². The highest BCUT2D eigenvalue weighted by Crippen LogP contribution is 2.32. The van der Waals surface area contributed by atoms with E-state index in [0.717, 1.165) is 68.1 Å². The van der Waals surface area contributed by atoms with Gasteiger partial charge in [0.2, 0.25) is 9.84 Å². The average molecular weight is 495 g/mol. The van der Waals surface area contributed by atoms with Gasteiger partial charge in [0.1, 0.15) is 0 Å². The van der Waals surface area contributed by atoms with E-state index >= 15 is 0 Å². The van der Waals surface area contributed by atoms with Crippen molar-refractivity contribution in [2.75, 3.05) is 38.1 Å². The van der Waals surface area contributed by atoms with E-state index in [1.807, 2.05) is 36.4 Å². The molecule has 0 radical (unpaired) electrons. The van der Waals surface area contributed by atoms with Crippen LogP contribution in [0.5, 0.6) is 0 Å². The summed E-state index contributed by atoms with van der Waals surface area (Å²) >= 11 is 6.17. The second kappa shape index (κ2) is 9.73. The van der Waals surface area contributed by atoms with Crippen molar-refractivity contribution >= 4 is 27.1 Å². The minimum Gasteiger partial charge on any atom is -0.371 e. The lowest BCUT2D eigenvalue weighted by Crippen LogP contribution is -2.32. The van der Waals surface area contributed by atoms with Crippen molar-refractivity contribution in [3.05, 3.63) is 88.4 Å². The Balaban J connectivity index is 1.29. The minimum absolute atomic E-state index is 0.357. The van der Waals surface area contributed by atoms with E-state index in [1.54, 1.807) is 18.2 Å². The van der Waals surface area contributed by atoms with Crippen LogP contribution in [0.4, 0.5) is 5.69 Å². The van der Waals surface area contributed by atoms with Gasteiger partial charge in [-0.2, -0.15) is 0 Å². The lowest BCUT2D eigenvalue weighted by atomic mass is 9.89. The van der Waals surface area contributed by atoms with E-state index < -0.39 is 9.84 Å². The number of sulfone groups is 1. The van der Waals surface area contributed by atoms with E-state index in [4.69, 9.17) is 11.6 Å². The van der Waals surface area contributed by atoms with Crippen LogP contribution in [0.15, 0.2) is 76.5 Å². The van der Waals surface area contributed by atoms with Gasteiger partial charge < -0.3 is 9.80 Å². The monoisotopic (exact) mass is 494 g/mol. The largest absolute Gasteiger partial charge is 0.371 e. The number of anilines is 1. The zero-order valence-corrected chi connectivity index (χ0v) is 21.2. The number of piperidine rings is 1. The molecule has 178 valence electrons. The molecule has 0 bridgehead atoms. The molecule has 3 aromatic rings. The highest BCUT2D eigenvalue weighted by molar-refractivity contribution is 7.91. The van der Waals surface area contributed by atoms with Crippen LogP contribution in [-0.4, -0.2) is 46.5 Å². The van der Waals surface area contributed by atoms with Gasteiger partial charge in [0.15, 0.2) is 0 Å². The van der Waals surface area contributed by atoms with E-state index in [1.165, 1.54) is 11.1 Å². The first-order valence-electron chi connectivity index (χ1n) is 12.1. The normalized spacial score (nSPS) is 17.9. The molecule has 2 heterocycles. The average Bonchev–Trinajstić information content (AvgIpc) is 3.05. The third kappa shape index (κ3) is 4.88. The van der Waals surface area contributed by atoms with E-state index in [-0.39, 0.29) is 0 Å². The summed E-state index contributed by atoms with van der Waals surface area (Å²) in [5.74, 6) is 0.516. The van der Waals surface area contributed by atoms with Crippen molar-refractivity contribution in [2.24, 2.45) is 0 Å². The molecule has 2 aliphatic heterocycles. The summed E-state index contributed by atoms with van der Waals surface area (Å²) in [6.07, 6.45) is 3.98. The van der Waals surface area contributed by atoms with Crippen LogP contribution in [0.3, 0.4) is 0 Å². The quantitative estimate of drug-likeness (QED) is 0.474. The van der Waals surface area contributed by atoms with E-state index in [0.29, 0.717) is 15.7 Å². The molecule has 0 saturated carbocycles. The summed E-state index contributed by atoms with van der Waals surface area (Å²) in [5.41, 5.74) is 4.80. The fourth-order valence-electron chi connectivity index (χ4n) is 5.18. The first-order chi connectivity index (χ1) is 16.4. The van der Waals surface area contributed by atoms with Crippen LogP contribution < -0.4 is 4.90 Å². The highest BCUT2D eigenvalue weighted by atomic mass is 35.5. The van der Waals surface area contributed by atoms with Crippen molar-refractivity contribution in [3.63, 3.8) is 0 Å². The maximum absolute atomic E-state index is 13.4.